The van der Waals surface area contributed by atoms with Crippen molar-refractivity contribution in [2.24, 2.45) is 5.92 Å². The van der Waals surface area contributed by atoms with Crippen LogP contribution in [0.15, 0.2) is 16.6 Å². The summed E-state index contributed by atoms with van der Waals surface area (Å²) in [5.74, 6) is -0.398. The fourth-order valence-corrected chi connectivity index (χ4v) is 3.16. The summed E-state index contributed by atoms with van der Waals surface area (Å²) in [6.45, 7) is 7.40. The third kappa shape index (κ3) is 4.47. The number of nitrogens with zero attached hydrogens (tertiary/aromatic N) is 1. The number of nitrogens with one attached hydrogen (secondary N) is 1. The van der Waals surface area contributed by atoms with E-state index in [1.54, 1.807) is 0 Å². The van der Waals surface area contributed by atoms with Crippen molar-refractivity contribution in [3.63, 3.8) is 0 Å². The Labute approximate surface area is 134 Å². The van der Waals surface area contributed by atoms with Gasteiger partial charge in [-0.05, 0) is 73.8 Å². The van der Waals surface area contributed by atoms with Gasteiger partial charge in [0.05, 0.1) is 4.47 Å². The lowest BCUT2D eigenvalue weighted by Gasteiger charge is -2.33. The second-order valence-corrected chi connectivity index (χ2v) is 6.91. The molecule has 5 heteroatoms. The van der Waals surface area contributed by atoms with Gasteiger partial charge in [0.15, 0.2) is 0 Å². The van der Waals surface area contributed by atoms with Gasteiger partial charge in [0.1, 0.15) is 11.6 Å². The summed E-state index contributed by atoms with van der Waals surface area (Å²) in [5, 5.41) is 3.39. The van der Waals surface area contributed by atoms with Crippen molar-refractivity contribution in [2.45, 2.75) is 39.3 Å². The van der Waals surface area contributed by atoms with Crippen molar-refractivity contribution in [1.29, 1.82) is 0 Å². The topological polar surface area (TPSA) is 15.3 Å². The molecule has 0 saturated carbocycles. The smallest absolute Gasteiger partial charge is 0.144 e. The molecule has 1 atom stereocenters. The van der Waals surface area contributed by atoms with Gasteiger partial charge >= 0.3 is 0 Å². The van der Waals surface area contributed by atoms with E-state index < -0.39 is 11.6 Å². The Morgan fingerprint density at radius 1 is 1.38 bits per heavy atom. The minimum absolute atomic E-state index is 0.154. The fourth-order valence-electron chi connectivity index (χ4n) is 2.79. The van der Waals surface area contributed by atoms with Gasteiger partial charge in [0.25, 0.3) is 0 Å². The van der Waals surface area contributed by atoms with Crippen LogP contribution in [0.1, 0.15) is 32.3 Å². The molecule has 0 radical (unpaired) electrons. The molecule has 1 aliphatic rings. The van der Waals surface area contributed by atoms with E-state index in [9.17, 15) is 8.78 Å². The van der Waals surface area contributed by atoms with Crippen LogP contribution >= 0.6 is 15.9 Å². The monoisotopic (exact) mass is 360 g/mol. The van der Waals surface area contributed by atoms with Crippen LogP contribution in [-0.4, -0.2) is 30.6 Å². The maximum atomic E-state index is 14.1. The quantitative estimate of drug-likeness (QED) is 0.800. The highest BCUT2D eigenvalue weighted by molar-refractivity contribution is 9.10. The largest absolute Gasteiger partial charge is 0.316 e. The van der Waals surface area contributed by atoms with E-state index in [4.69, 9.17) is 0 Å². The molecule has 2 nitrogen and oxygen atoms in total. The Bertz CT molecular complexity index is 474. The highest BCUT2D eigenvalue weighted by atomic mass is 79.9. The van der Waals surface area contributed by atoms with Crippen molar-refractivity contribution >= 4 is 15.9 Å². The van der Waals surface area contributed by atoms with Gasteiger partial charge in [-0.3, -0.25) is 4.90 Å². The average Bonchev–Trinajstić information content (AvgIpc) is 2.47. The van der Waals surface area contributed by atoms with Crippen LogP contribution in [0.25, 0.3) is 0 Å². The van der Waals surface area contributed by atoms with E-state index in [-0.39, 0.29) is 11.6 Å². The molecule has 118 valence electrons. The molecule has 0 aromatic heterocycles. The van der Waals surface area contributed by atoms with Crippen LogP contribution in [0.4, 0.5) is 8.78 Å². The third-order valence-electron chi connectivity index (χ3n) is 4.12. The van der Waals surface area contributed by atoms with Gasteiger partial charge in [0, 0.05) is 24.7 Å². The number of hydrogen-bond donors (Lipinski definition) is 1. The Morgan fingerprint density at radius 2 is 2.14 bits per heavy atom. The van der Waals surface area contributed by atoms with Crippen LogP contribution in [-0.2, 0) is 6.54 Å². The van der Waals surface area contributed by atoms with E-state index in [0.29, 0.717) is 16.9 Å². The lowest BCUT2D eigenvalue weighted by molar-refractivity contribution is 0.160. The normalized spacial score (nSPS) is 19.5. The summed E-state index contributed by atoms with van der Waals surface area (Å²) < 4.78 is 28.4. The summed E-state index contributed by atoms with van der Waals surface area (Å²) in [6.07, 6.45) is 2.36. The first kappa shape index (κ1) is 16.8. The third-order valence-corrected chi connectivity index (χ3v) is 4.73. The van der Waals surface area contributed by atoms with Gasteiger partial charge in [-0.25, -0.2) is 8.78 Å². The predicted octanol–water partition coefficient (Wildman–Crippen LogP) is 3.94. The molecule has 1 heterocycles. The SMILES string of the molecule is CC(C)N(Cc1c(F)ccc(Br)c1F)CC1CCCNC1. The Morgan fingerprint density at radius 3 is 2.76 bits per heavy atom. The van der Waals surface area contributed by atoms with Crippen LogP contribution in [0.2, 0.25) is 0 Å². The molecule has 1 aromatic carbocycles. The minimum atomic E-state index is -0.484. The summed E-state index contributed by atoms with van der Waals surface area (Å²) in [7, 11) is 0. The second-order valence-electron chi connectivity index (χ2n) is 6.06. The zero-order chi connectivity index (χ0) is 15.4. The van der Waals surface area contributed by atoms with E-state index in [2.05, 4.69) is 40.0 Å². The number of piperidine rings is 1. The van der Waals surface area contributed by atoms with E-state index in [0.717, 1.165) is 19.6 Å². The zero-order valence-electron chi connectivity index (χ0n) is 12.6. The first-order valence-corrected chi connectivity index (χ1v) is 8.35. The molecule has 1 fully saturated rings. The molecule has 0 amide bonds. The van der Waals surface area contributed by atoms with E-state index in [1.165, 1.54) is 25.0 Å². The van der Waals surface area contributed by atoms with Crippen LogP contribution in [0.3, 0.4) is 0 Å². The van der Waals surface area contributed by atoms with Crippen molar-refractivity contribution in [1.82, 2.24) is 10.2 Å². The second kappa shape index (κ2) is 7.65. The standard InChI is InChI=1S/C16H23BrF2N2/c1-11(2)21(9-12-4-3-7-20-8-12)10-13-15(18)6-5-14(17)16(13)19/h5-6,11-12,20H,3-4,7-10H2,1-2H3. The van der Waals surface area contributed by atoms with Crippen LogP contribution < -0.4 is 5.32 Å². The van der Waals surface area contributed by atoms with Crippen LogP contribution in [0.5, 0.6) is 0 Å². The van der Waals surface area contributed by atoms with Gasteiger partial charge < -0.3 is 5.32 Å². The highest BCUT2D eigenvalue weighted by Gasteiger charge is 2.22. The summed E-state index contributed by atoms with van der Waals surface area (Å²) in [6, 6.07) is 2.99. The molecule has 1 N–H and O–H groups in total. The summed E-state index contributed by atoms with van der Waals surface area (Å²) >= 11 is 3.14. The number of hydrogen-bond acceptors (Lipinski definition) is 2. The van der Waals surface area contributed by atoms with Gasteiger partial charge in [-0.2, -0.15) is 0 Å². The van der Waals surface area contributed by atoms with Crippen molar-refractivity contribution in [3.05, 3.63) is 33.8 Å². The van der Waals surface area contributed by atoms with Gasteiger partial charge in [0.2, 0.25) is 0 Å². The maximum absolute atomic E-state index is 14.1. The summed E-state index contributed by atoms with van der Waals surface area (Å²) in [4.78, 5) is 2.16. The number of halogens is 3. The Hall–Kier alpha value is -0.520. The van der Waals surface area contributed by atoms with Crippen molar-refractivity contribution < 1.29 is 8.78 Å². The summed E-state index contributed by atoms with van der Waals surface area (Å²) in [5.41, 5.74) is 0.154. The first-order valence-electron chi connectivity index (χ1n) is 7.56. The van der Waals surface area contributed by atoms with E-state index in [1.807, 2.05) is 0 Å². The fraction of sp³-hybridized carbons (Fsp3) is 0.625. The molecule has 1 unspecified atom stereocenters. The maximum Gasteiger partial charge on any atom is 0.144 e. The number of benzene rings is 1. The Kier molecular flexibility index (Phi) is 6.14. The molecule has 2 rings (SSSR count). The minimum Gasteiger partial charge on any atom is -0.316 e. The molecular weight excluding hydrogens is 338 g/mol. The lowest BCUT2D eigenvalue weighted by atomic mass is 9.98. The van der Waals surface area contributed by atoms with Gasteiger partial charge in [-0.1, -0.05) is 0 Å². The van der Waals surface area contributed by atoms with Crippen molar-refractivity contribution in [3.8, 4) is 0 Å². The molecular formula is C16H23BrF2N2. The van der Waals surface area contributed by atoms with Gasteiger partial charge in [-0.15, -0.1) is 0 Å². The average molecular weight is 361 g/mol. The number of rotatable bonds is 5. The zero-order valence-corrected chi connectivity index (χ0v) is 14.2. The predicted molar refractivity (Wildman–Crippen MR) is 85.2 cm³/mol. The molecule has 1 aromatic rings. The molecule has 0 bridgehead atoms. The molecule has 1 saturated heterocycles. The molecule has 0 aliphatic carbocycles. The van der Waals surface area contributed by atoms with Crippen molar-refractivity contribution in [2.75, 3.05) is 19.6 Å². The Balaban J connectivity index is 2.11. The molecule has 0 spiro atoms. The first-order chi connectivity index (χ1) is 9.99. The molecule has 1 aliphatic heterocycles. The molecule has 21 heavy (non-hydrogen) atoms. The van der Waals surface area contributed by atoms with Crippen LogP contribution in [0, 0.1) is 17.6 Å². The highest BCUT2D eigenvalue weighted by Crippen LogP contribution is 2.24. The van der Waals surface area contributed by atoms with E-state index >= 15 is 0 Å². The lowest BCUT2D eigenvalue weighted by Crippen LogP contribution is -2.41.